The molecule has 3 nitrogen and oxygen atoms in total. The van der Waals surface area contributed by atoms with Crippen LogP contribution in [-0.2, 0) is 16.0 Å². The van der Waals surface area contributed by atoms with E-state index in [1.807, 2.05) is 0 Å². The molecule has 0 aliphatic heterocycles. The monoisotopic (exact) mass is 338 g/mol. The molecule has 0 N–H and O–H groups in total. The average molecular weight is 338 g/mol. The first-order valence-corrected chi connectivity index (χ1v) is 9.22. The Labute approximate surface area is 149 Å². The predicted octanol–water partition coefficient (Wildman–Crippen LogP) is 4.70. The van der Waals surface area contributed by atoms with Crippen molar-refractivity contribution >= 4 is 11.5 Å². The molecule has 25 heavy (non-hydrogen) atoms. The smallest absolute Gasteiger partial charge is 0.302 e. The van der Waals surface area contributed by atoms with Gasteiger partial charge in [0.05, 0.1) is 7.11 Å². The summed E-state index contributed by atoms with van der Waals surface area (Å²) in [5, 5.41) is 0. The first-order chi connectivity index (χ1) is 11.9. The predicted molar refractivity (Wildman–Crippen MR) is 98.4 cm³/mol. The molecule has 0 amide bonds. The summed E-state index contributed by atoms with van der Waals surface area (Å²) in [6, 6.07) is 6.48. The van der Waals surface area contributed by atoms with Gasteiger partial charge in [-0.15, -0.1) is 0 Å². The van der Waals surface area contributed by atoms with Crippen molar-refractivity contribution in [2.24, 2.45) is 11.3 Å². The van der Waals surface area contributed by atoms with Gasteiger partial charge in [0, 0.05) is 18.8 Å². The number of methoxy groups -OCH3 is 1. The third-order valence-corrected chi connectivity index (χ3v) is 6.34. The molecule has 1 aromatic carbocycles. The normalized spacial score (nSPS) is 30.2. The van der Waals surface area contributed by atoms with Crippen molar-refractivity contribution in [3.8, 4) is 5.75 Å². The molecule has 1 aromatic rings. The summed E-state index contributed by atoms with van der Waals surface area (Å²) in [7, 11) is 1.73. The molecule has 0 radical (unpaired) electrons. The Hall–Kier alpha value is -2.03. The van der Waals surface area contributed by atoms with Crippen LogP contribution in [0.2, 0.25) is 0 Å². The first-order valence-electron chi connectivity index (χ1n) is 9.22. The average Bonchev–Trinajstić information content (AvgIpc) is 2.90. The van der Waals surface area contributed by atoms with Crippen LogP contribution in [0.15, 0.2) is 35.4 Å². The van der Waals surface area contributed by atoms with E-state index < -0.39 is 0 Å². The molecule has 0 spiro atoms. The molecule has 0 saturated carbocycles. The Morgan fingerprint density at radius 2 is 2.12 bits per heavy atom. The van der Waals surface area contributed by atoms with E-state index in [1.165, 1.54) is 34.8 Å². The molecule has 3 atom stereocenters. The molecule has 3 heteroatoms. The number of esters is 1. The minimum absolute atomic E-state index is 0.0153. The fourth-order valence-electron chi connectivity index (χ4n) is 5.10. The van der Waals surface area contributed by atoms with Gasteiger partial charge in [0.25, 0.3) is 0 Å². The highest BCUT2D eigenvalue weighted by atomic mass is 16.5. The van der Waals surface area contributed by atoms with E-state index in [0.717, 1.165) is 31.4 Å². The molecule has 4 rings (SSSR count). The van der Waals surface area contributed by atoms with E-state index in [9.17, 15) is 4.79 Å². The Kier molecular flexibility index (Phi) is 3.78. The van der Waals surface area contributed by atoms with Gasteiger partial charge in [-0.3, -0.25) is 4.79 Å². The van der Waals surface area contributed by atoms with E-state index in [-0.39, 0.29) is 17.5 Å². The van der Waals surface area contributed by atoms with E-state index >= 15 is 0 Å². The maximum Gasteiger partial charge on any atom is 0.302 e. The summed E-state index contributed by atoms with van der Waals surface area (Å²) in [4.78, 5) is 11.5. The molecule has 0 unspecified atom stereocenters. The lowest BCUT2D eigenvalue weighted by molar-refractivity contribution is -0.150. The number of carbonyl (C=O) groups excluding carboxylic acids is 1. The van der Waals surface area contributed by atoms with Crippen molar-refractivity contribution in [3.05, 3.63) is 46.5 Å². The van der Waals surface area contributed by atoms with Crippen molar-refractivity contribution in [2.75, 3.05) is 7.11 Å². The van der Waals surface area contributed by atoms with Crippen LogP contribution in [0.1, 0.15) is 51.2 Å². The maximum absolute atomic E-state index is 11.5. The van der Waals surface area contributed by atoms with Crippen LogP contribution in [0.3, 0.4) is 0 Å². The number of ether oxygens (including phenoxy) is 2. The molecule has 0 saturated heterocycles. The zero-order valence-corrected chi connectivity index (χ0v) is 15.5. The third kappa shape index (κ3) is 2.44. The van der Waals surface area contributed by atoms with Crippen LogP contribution in [-0.4, -0.2) is 19.2 Å². The second-order valence-electron chi connectivity index (χ2n) is 7.89. The molecular weight excluding hydrogens is 312 g/mol. The number of carbonyl (C=O) groups is 1. The molecule has 0 bridgehead atoms. The molecule has 3 aliphatic rings. The van der Waals surface area contributed by atoms with Crippen LogP contribution in [0.25, 0.3) is 5.57 Å². The van der Waals surface area contributed by atoms with Crippen LogP contribution in [0.4, 0.5) is 0 Å². The van der Waals surface area contributed by atoms with Gasteiger partial charge in [-0.05, 0) is 65.2 Å². The van der Waals surface area contributed by atoms with Crippen LogP contribution in [0.5, 0.6) is 5.75 Å². The number of hydrogen-bond acceptors (Lipinski definition) is 3. The molecule has 132 valence electrons. The maximum atomic E-state index is 11.5. The van der Waals surface area contributed by atoms with Crippen molar-refractivity contribution in [1.29, 1.82) is 0 Å². The van der Waals surface area contributed by atoms with Crippen LogP contribution in [0, 0.1) is 11.3 Å². The van der Waals surface area contributed by atoms with Crippen molar-refractivity contribution in [3.63, 3.8) is 0 Å². The molecule has 0 heterocycles. The highest BCUT2D eigenvalue weighted by molar-refractivity contribution is 5.80. The van der Waals surface area contributed by atoms with Crippen molar-refractivity contribution in [2.45, 2.75) is 52.6 Å². The molecule has 3 aliphatic carbocycles. The van der Waals surface area contributed by atoms with Gasteiger partial charge in [-0.2, -0.15) is 0 Å². The molecule has 0 fully saturated rings. The van der Waals surface area contributed by atoms with E-state index in [1.54, 1.807) is 7.11 Å². The summed E-state index contributed by atoms with van der Waals surface area (Å²) < 4.78 is 11.1. The number of fused-ring (bicyclic) bond motifs is 4. The Morgan fingerprint density at radius 3 is 2.84 bits per heavy atom. The minimum Gasteiger partial charge on any atom is -0.497 e. The van der Waals surface area contributed by atoms with Gasteiger partial charge >= 0.3 is 5.97 Å². The lowest BCUT2D eigenvalue weighted by Crippen LogP contribution is -2.37. The highest BCUT2D eigenvalue weighted by Crippen LogP contribution is 2.57. The fourth-order valence-corrected chi connectivity index (χ4v) is 5.10. The third-order valence-electron chi connectivity index (χ3n) is 6.34. The van der Waals surface area contributed by atoms with Crippen LogP contribution >= 0.6 is 0 Å². The number of rotatable bonds is 2. The van der Waals surface area contributed by atoms with Gasteiger partial charge < -0.3 is 9.47 Å². The second kappa shape index (κ2) is 5.76. The quantitative estimate of drug-likeness (QED) is 0.733. The number of hydrogen-bond donors (Lipinski definition) is 0. The van der Waals surface area contributed by atoms with Crippen molar-refractivity contribution < 1.29 is 14.3 Å². The van der Waals surface area contributed by atoms with Crippen LogP contribution < -0.4 is 4.74 Å². The summed E-state index contributed by atoms with van der Waals surface area (Å²) in [5.74, 6) is 1.25. The van der Waals surface area contributed by atoms with Gasteiger partial charge in [0.15, 0.2) is 0 Å². The summed E-state index contributed by atoms with van der Waals surface area (Å²) in [6.45, 7) is 6.12. The standard InChI is InChI=1S/C22H26O3/c1-13-11-15-12-16(24-4)5-6-17(15)18-9-10-22(3)19(21(13)18)7-8-20(22)25-14(2)23/h5-7,12-13,20H,8-11H2,1-4H3/t13-,20+,22-/m0/s1. The lowest BCUT2D eigenvalue weighted by Gasteiger charge is -2.43. The van der Waals surface area contributed by atoms with Gasteiger partial charge in [0.2, 0.25) is 0 Å². The fraction of sp³-hybridized carbons (Fsp3) is 0.500. The molecular formula is C22H26O3. The van der Waals surface area contributed by atoms with E-state index in [0.29, 0.717) is 5.92 Å². The number of benzene rings is 1. The van der Waals surface area contributed by atoms with Gasteiger partial charge in [0.1, 0.15) is 11.9 Å². The van der Waals surface area contributed by atoms with Gasteiger partial charge in [-0.25, -0.2) is 0 Å². The second-order valence-corrected chi connectivity index (χ2v) is 7.89. The largest absolute Gasteiger partial charge is 0.497 e. The van der Waals surface area contributed by atoms with Gasteiger partial charge in [-0.1, -0.05) is 26.0 Å². The Balaban J connectivity index is 1.78. The van der Waals surface area contributed by atoms with E-state index in [4.69, 9.17) is 9.47 Å². The topological polar surface area (TPSA) is 35.5 Å². The van der Waals surface area contributed by atoms with Crippen molar-refractivity contribution in [1.82, 2.24) is 0 Å². The highest BCUT2D eigenvalue weighted by Gasteiger charge is 2.49. The SMILES string of the molecule is COc1ccc2c(c1)C[C@H](C)C1=C2CC[C@@]2(C)C1=CC[C@H]2OC(C)=O. The summed E-state index contributed by atoms with van der Waals surface area (Å²) in [5.41, 5.74) is 7.15. The minimum atomic E-state index is -0.171. The number of allylic oxidation sites excluding steroid dienone is 2. The molecule has 0 aromatic heterocycles. The zero-order chi connectivity index (χ0) is 17.8. The Bertz CT molecular complexity index is 801. The summed E-state index contributed by atoms with van der Waals surface area (Å²) in [6.07, 6.45) is 6.27. The Morgan fingerprint density at radius 1 is 1.32 bits per heavy atom. The first kappa shape index (κ1) is 16.4. The van der Waals surface area contributed by atoms with E-state index in [2.05, 4.69) is 38.1 Å². The zero-order valence-electron chi connectivity index (χ0n) is 15.5. The lowest BCUT2D eigenvalue weighted by atomic mass is 9.62. The summed E-state index contributed by atoms with van der Waals surface area (Å²) >= 11 is 0.